The van der Waals surface area contributed by atoms with Gasteiger partial charge in [-0.15, -0.1) is 0 Å². The van der Waals surface area contributed by atoms with Gasteiger partial charge in [-0.05, 0) is 68.3 Å². The molecule has 0 saturated heterocycles. The molecule has 3 rings (SSSR count). The molecule has 0 aliphatic heterocycles. The van der Waals surface area contributed by atoms with Crippen LogP contribution in [0.25, 0.3) is 0 Å². The van der Waals surface area contributed by atoms with E-state index in [0.717, 1.165) is 21.0 Å². The first-order chi connectivity index (χ1) is 15.2. The van der Waals surface area contributed by atoms with E-state index in [-0.39, 0.29) is 10.6 Å². The number of phenols is 1. The molecule has 7 nitrogen and oxygen atoms in total. The molecule has 0 aliphatic rings. The first-order valence-corrected chi connectivity index (χ1v) is 11.4. The number of sulfonamides is 1. The summed E-state index contributed by atoms with van der Waals surface area (Å²) in [6.45, 7) is 5.14. The maximum Gasteiger partial charge on any atom is 0.264 e. The second kappa shape index (κ2) is 9.65. The molecule has 0 aliphatic carbocycles. The summed E-state index contributed by atoms with van der Waals surface area (Å²) in [5, 5.41) is 13.6. The summed E-state index contributed by atoms with van der Waals surface area (Å²) >= 11 is 0. The van der Waals surface area contributed by atoms with E-state index in [9.17, 15) is 18.3 Å². The highest BCUT2D eigenvalue weighted by atomic mass is 32.2. The minimum absolute atomic E-state index is 0.0179. The van der Waals surface area contributed by atoms with E-state index in [2.05, 4.69) is 10.5 Å². The first-order valence-electron chi connectivity index (χ1n) is 9.94. The fraction of sp³-hybridized carbons (Fsp3) is 0.167. The molecule has 0 aromatic heterocycles. The lowest BCUT2D eigenvalue weighted by Crippen LogP contribution is -2.39. The summed E-state index contributed by atoms with van der Waals surface area (Å²) < 4.78 is 27.9. The third-order valence-electron chi connectivity index (χ3n) is 4.72. The molecule has 0 radical (unpaired) electrons. The number of hydrazone groups is 1. The monoisotopic (exact) mass is 451 g/mol. The Bertz CT molecular complexity index is 1230. The van der Waals surface area contributed by atoms with Crippen molar-refractivity contribution < 1.29 is 18.3 Å². The SMILES string of the molecule is Cc1ccc(S(=O)(=O)N(CC(=O)N/N=C\c2ccccc2O)c2cc(C)cc(C)c2)cc1. The third-order valence-corrected chi connectivity index (χ3v) is 6.51. The van der Waals surface area contributed by atoms with Gasteiger partial charge in [-0.3, -0.25) is 9.10 Å². The number of hydrogen-bond acceptors (Lipinski definition) is 5. The number of aryl methyl sites for hydroxylation is 3. The van der Waals surface area contributed by atoms with Crippen LogP contribution in [-0.4, -0.2) is 32.2 Å². The number of carbonyl (C=O) groups excluding carboxylic acids is 1. The Hall–Kier alpha value is -3.65. The van der Waals surface area contributed by atoms with Crippen LogP contribution < -0.4 is 9.73 Å². The van der Waals surface area contributed by atoms with Crippen molar-refractivity contribution in [1.29, 1.82) is 0 Å². The van der Waals surface area contributed by atoms with Crippen LogP contribution in [0.4, 0.5) is 5.69 Å². The zero-order valence-electron chi connectivity index (χ0n) is 18.1. The lowest BCUT2D eigenvalue weighted by Gasteiger charge is -2.24. The Morgan fingerprint density at radius 2 is 1.59 bits per heavy atom. The summed E-state index contributed by atoms with van der Waals surface area (Å²) in [5.74, 6) is -0.601. The third kappa shape index (κ3) is 5.53. The van der Waals surface area contributed by atoms with Gasteiger partial charge in [0.05, 0.1) is 16.8 Å². The maximum atomic E-state index is 13.4. The molecule has 1 amide bonds. The number of phenolic OH excluding ortho intramolecular Hbond substituents is 1. The van der Waals surface area contributed by atoms with E-state index in [1.54, 1.807) is 42.5 Å². The molecule has 0 atom stereocenters. The quantitative estimate of drug-likeness (QED) is 0.423. The van der Waals surface area contributed by atoms with Gasteiger partial charge in [-0.25, -0.2) is 13.8 Å². The Kier molecular flexibility index (Phi) is 6.95. The summed E-state index contributed by atoms with van der Waals surface area (Å²) in [5.41, 5.74) is 5.83. The normalized spacial score (nSPS) is 11.5. The number of aromatic hydroxyl groups is 1. The molecule has 0 bridgehead atoms. The summed E-state index contributed by atoms with van der Waals surface area (Å²) in [6, 6.07) is 18.4. The van der Waals surface area contributed by atoms with Crippen molar-refractivity contribution in [3.8, 4) is 5.75 Å². The van der Waals surface area contributed by atoms with Crippen LogP contribution in [0.5, 0.6) is 5.75 Å². The summed E-state index contributed by atoms with van der Waals surface area (Å²) in [4.78, 5) is 12.7. The number of benzene rings is 3. The van der Waals surface area contributed by atoms with Crippen molar-refractivity contribution in [1.82, 2.24) is 5.43 Å². The largest absolute Gasteiger partial charge is 0.507 e. The first kappa shape index (κ1) is 23.0. The highest BCUT2D eigenvalue weighted by Gasteiger charge is 2.27. The molecule has 0 saturated carbocycles. The van der Waals surface area contributed by atoms with Crippen molar-refractivity contribution >= 4 is 27.8 Å². The number of nitrogens with one attached hydrogen (secondary N) is 1. The van der Waals surface area contributed by atoms with Crippen LogP contribution in [-0.2, 0) is 14.8 Å². The van der Waals surface area contributed by atoms with Crippen LogP contribution in [0.1, 0.15) is 22.3 Å². The van der Waals surface area contributed by atoms with Gasteiger partial charge in [0.1, 0.15) is 12.3 Å². The van der Waals surface area contributed by atoms with Crippen LogP contribution >= 0.6 is 0 Å². The molecule has 166 valence electrons. The second-order valence-corrected chi connectivity index (χ2v) is 9.38. The molecular weight excluding hydrogens is 426 g/mol. The average molecular weight is 452 g/mol. The number of hydrogen-bond donors (Lipinski definition) is 2. The predicted octanol–water partition coefficient (Wildman–Crippen LogP) is 3.66. The van der Waals surface area contributed by atoms with E-state index in [1.165, 1.54) is 24.4 Å². The lowest BCUT2D eigenvalue weighted by molar-refractivity contribution is -0.119. The molecular formula is C24H25N3O4S. The topological polar surface area (TPSA) is 99.1 Å². The van der Waals surface area contributed by atoms with E-state index < -0.39 is 22.5 Å². The zero-order chi connectivity index (χ0) is 23.3. The number of para-hydroxylation sites is 1. The number of nitrogens with zero attached hydrogens (tertiary/aromatic N) is 2. The molecule has 8 heteroatoms. The van der Waals surface area contributed by atoms with Gasteiger partial charge in [0.25, 0.3) is 15.9 Å². The van der Waals surface area contributed by atoms with Crippen LogP contribution in [0.3, 0.4) is 0 Å². The van der Waals surface area contributed by atoms with Crippen LogP contribution in [0.2, 0.25) is 0 Å². The highest BCUT2D eigenvalue weighted by molar-refractivity contribution is 7.92. The van der Waals surface area contributed by atoms with Crippen molar-refractivity contribution in [3.63, 3.8) is 0 Å². The van der Waals surface area contributed by atoms with Crippen molar-refractivity contribution in [2.45, 2.75) is 25.7 Å². The number of amides is 1. The zero-order valence-corrected chi connectivity index (χ0v) is 18.9. The Balaban J connectivity index is 1.89. The second-order valence-electron chi connectivity index (χ2n) is 7.52. The molecule has 0 unspecified atom stereocenters. The Labute approximate surface area is 188 Å². The van der Waals surface area contributed by atoms with Gasteiger partial charge in [-0.1, -0.05) is 35.9 Å². The summed E-state index contributed by atoms with van der Waals surface area (Å²) in [7, 11) is -4.00. The number of rotatable bonds is 7. The van der Waals surface area contributed by atoms with Crippen LogP contribution in [0, 0.1) is 20.8 Å². The van der Waals surface area contributed by atoms with Gasteiger partial charge in [0, 0.05) is 5.56 Å². The fourth-order valence-electron chi connectivity index (χ4n) is 3.18. The lowest BCUT2D eigenvalue weighted by atomic mass is 10.1. The Morgan fingerprint density at radius 1 is 0.969 bits per heavy atom. The van der Waals surface area contributed by atoms with E-state index >= 15 is 0 Å². The molecule has 0 spiro atoms. The maximum absolute atomic E-state index is 13.4. The molecule has 3 aromatic rings. The summed E-state index contributed by atoms with van der Waals surface area (Å²) in [6.07, 6.45) is 1.29. The number of carbonyl (C=O) groups is 1. The minimum atomic E-state index is -4.00. The number of anilines is 1. The van der Waals surface area contributed by atoms with Gasteiger partial charge in [0.15, 0.2) is 0 Å². The van der Waals surface area contributed by atoms with Crippen molar-refractivity contribution in [3.05, 3.63) is 89.0 Å². The molecule has 2 N–H and O–H groups in total. The smallest absolute Gasteiger partial charge is 0.264 e. The Morgan fingerprint density at radius 3 is 2.22 bits per heavy atom. The van der Waals surface area contributed by atoms with Gasteiger partial charge in [-0.2, -0.15) is 5.10 Å². The predicted molar refractivity (Wildman–Crippen MR) is 125 cm³/mol. The fourth-order valence-corrected chi connectivity index (χ4v) is 4.59. The minimum Gasteiger partial charge on any atom is -0.507 e. The molecule has 3 aromatic carbocycles. The standard InChI is InChI=1S/C24H25N3O4S/c1-17-8-10-22(11-9-17)32(30,31)27(21-13-18(2)12-19(3)14-21)16-24(29)26-25-15-20-6-4-5-7-23(20)28/h4-15,28H,16H2,1-3H3,(H,26,29)/b25-15-. The van der Waals surface area contributed by atoms with E-state index in [4.69, 9.17) is 0 Å². The van der Waals surface area contributed by atoms with Gasteiger partial charge in [0.2, 0.25) is 0 Å². The van der Waals surface area contributed by atoms with Crippen molar-refractivity contribution in [2.24, 2.45) is 5.10 Å². The van der Waals surface area contributed by atoms with Crippen LogP contribution in [0.15, 0.2) is 76.7 Å². The van der Waals surface area contributed by atoms with E-state index in [1.807, 2.05) is 26.8 Å². The van der Waals surface area contributed by atoms with Crippen molar-refractivity contribution in [2.75, 3.05) is 10.8 Å². The van der Waals surface area contributed by atoms with Gasteiger partial charge >= 0.3 is 0 Å². The average Bonchev–Trinajstić information content (AvgIpc) is 2.73. The molecule has 0 heterocycles. The molecule has 0 fully saturated rings. The van der Waals surface area contributed by atoms with E-state index in [0.29, 0.717) is 11.3 Å². The highest BCUT2D eigenvalue weighted by Crippen LogP contribution is 2.26. The van der Waals surface area contributed by atoms with Gasteiger partial charge < -0.3 is 5.11 Å². The molecule has 32 heavy (non-hydrogen) atoms.